The van der Waals surface area contributed by atoms with Gasteiger partial charge in [-0.25, -0.2) is 8.78 Å². The summed E-state index contributed by atoms with van der Waals surface area (Å²) in [5, 5.41) is -0.388. The van der Waals surface area contributed by atoms with Crippen molar-refractivity contribution < 1.29 is 13.6 Å². The summed E-state index contributed by atoms with van der Waals surface area (Å²) in [6.07, 6.45) is 2.50. The van der Waals surface area contributed by atoms with Gasteiger partial charge in [0.05, 0.1) is 10.7 Å². The maximum atomic E-state index is 14.2. The van der Waals surface area contributed by atoms with Crippen molar-refractivity contribution in [3.63, 3.8) is 0 Å². The van der Waals surface area contributed by atoms with Crippen LogP contribution in [-0.2, 0) is 4.79 Å². The van der Waals surface area contributed by atoms with E-state index in [9.17, 15) is 13.6 Å². The lowest BCUT2D eigenvalue weighted by Gasteiger charge is -2.35. The predicted molar refractivity (Wildman–Crippen MR) is 83.8 cm³/mol. The summed E-state index contributed by atoms with van der Waals surface area (Å²) in [5.74, 6) is -2.92. The maximum absolute atomic E-state index is 14.2. The van der Waals surface area contributed by atoms with Crippen LogP contribution in [-0.4, -0.2) is 15.2 Å². The van der Waals surface area contributed by atoms with Gasteiger partial charge in [0, 0.05) is 12.0 Å². The molecule has 0 aromatic heterocycles. The molecule has 0 N–H and O–H groups in total. The fraction of sp³-hybridized carbons (Fsp3) is 0.500. The zero-order valence-corrected chi connectivity index (χ0v) is 14.2. The maximum Gasteiger partial charge on any atom is 0.251 e. The van der Waals surface area contributed by atoms with Crippen LogP contribution < -0.4 is 4.90 Å². The lowest BCUT2D eigenvalue weighted by Crippen LogP contribution is -2.40. The molecule has 1 saturated carbocycles. The molecule has 1 heterocycles. The van der Waals surface area contributed by atoms with Gasteiger partial charge in [-0.1, -0.05) is 47.6 Å². The van der Waals surface area contributed by atoms with Crippen LogP contribution in [0.4, 0.5) is 14.5 Å². The minimum Gasteiger partial charge on any atom is -0.274 e. The van der Waals surface area contributed by atoms with E-state index < -0.39 is 32.8 Å². The SMILES string of the molecule is O=C1N(c2cc(F)c(Cl)cc2F)C(Cl)(Cl)C2CCCCC12Cl. The van der Waals surface area contributed by atoms with Gasteiger partial charge in [-0.05, 0) is 18.9 Å². The van der Waals surface area contributed by atoms with E-state index in [4.69, 9.17) is 46.4 Å². The Balaban J connectivity index is 2.15. The molecule has 8 heteroatoms. The lowest BCUT2D eigenvalue weighted by molar-refractivity contribution is -0.120. The zero-order valence-electron chi connectivity index (χ0n) is 11.2. The highest BCUT2D eigenvalue weighted by atomic mass is 35.5. The van der Waals surface area contributed by atoms with Crippen molar-refractivity contribution in [3.8, 4) is 0 Å². The van der Waals surface area contributed by atoms with Crippen LogP contribution in [0.1, 0.15) is 25.7 Å². The first-order chi connectivity index (χ1) is 10.2. The first-order valence-electron chi connectivity index (χ1n) is 6.75. The zero-order chi connectivity index (χ0) is 16.3. The van der Waals surface area contributed by atoms with E-state index in [0.29, 0.717) is 12.8 Å². The average molecular weight is 389 g/mol. The fourth-order valence-corrected chi connectivity index (χ4v) is 4.94. The number of carbonyl (C=O) groups excluding carboxylic acids is 1. The Bertz CT molecular complexity index is 654. The normalized spacial score (nSPS) is 30.5. The van der Waals surface area contributed by atoms with Crippen molar-refractivity contribution in [1.29, 1.82) is 0 Å². The van der Waals surface area contributed by atoms with Gasteiger partial charge in [0.25, 0.3) is 5.91 Å². The van der Waals surface area contributed by atoms with E-state index >= 15 is 0 Å². The second kappa shape index (κ2) is 5.37. The van der Waals surface area contributed by atoms with E-state index in [-0.39, 0.29) is 10.7 Å². The molecule has 1 aliphatic heterocycles. The molecule has 0 radical (unpaired) electrons. The van der Waals surface area contributed by atoms with E-state index in [1.165, 1.54) is 0 Å². The molecule has 120 valence electrons. The summed E-state index contributed by atoms with van der Waals surface area (Å²) in [6, 6.07) is 1.60. The summed E-state index contributed by atoms with van der Waals surface area (Å²) in [4.78, 5) is 12.3. The van der Waals surface area contributed by atoms with E-state index in [0.717, 1.165) is 29.9 Å². The first-order valence-corrected chi connectivity index (χ1v) is 8.26. The summed E-state index contributed by atoms with van der Waals surface area (Å²) >= 11 is 24.7. The molecule has 0 bridgehead atoms. The molecule has 2 unspecified atom stereocenters. The van der Waals surface area contributed by atoms with Crippen molar-refractivity contribution in [2.24, 2.45) is 5.92 Å². The molecule has 2 nitrogen and oxygen atoms in total. The van der Waals surface area contributed by atoms with Crippen LogP contribution in [0, 0.1) is 17.6 Å². The Morgan fingerprint density at radius 2 is 1.82 bits per heavy atom. The molecule has 3 rings (SSSR count). The Hall–Kier alpha value is -0.290. The highest BCUT2D eigenvalue weighted by Gasteiger charge is 2.66. The van der Waals surface area contributed by atoms with E-state index in [1.54, 1.807) is 0 Å². The van der Waals surface area contributed by atoms with Crippen molar-refractivity contribution in [1.82, 2.24) is 0 Å². The summed E-state index contributed by atoms with van der Waals surface area (Å²) in [7, 11) is 0. The molecule has 2 fully saturated rings. The van der Waals surface area contributed by atoms with Gasteiger partial charge < -0.3 is 0 Å². The quantitative estimate of drug-likeness (QED) is 0.365. The molecule has 1 aromatic carbocycles. The molecule has 1 aliphatic carbocycles. The molecule has 1 aromatic rings. The van der Waals surface area contributed by atoms with Gasteiger partial charge in [-0.2, -0.15) is 0 Å². The van der Waals surface area contributed by atoms with Crippen LogP contribution in [0.2, 0.25) is 5.02 Å². The minimum atomic E-state index is -1.74. The molecule has 1 amide bonds. The van der Waals surface area contributed by atoms with E-state index in [1.807, 2.05) is 0 Å². The topological polar surface area (TPSA) is 20.3 Å². The third kappa shape index (κ3) is 2.22. The first kappa shape index (κ1) is 16.6. The van der Waals surface area contributed by atoms with Crippen molar-refractivity contribution in [2.75, 3.05) is 4.90 Å². The number of nitrogens with zero attached hydrogens (tertiary/aromatic N) is 1. The summed E-state index contributed by atoms with van der Waals surface area (Å²) < 4.78 is 26.2. The average Bonchev–Trinajstić information content (AvgIpc) is 2.59. The highest BCUT2D eigenvalue weighted by molar-refractivity contribution is 6.55. The van der Waals surface area contributed by atoms with Gasteiger partial charge >= 0.3 is 0 Å². The molecular formula is C14H11Cl4F2NO. The van der Waals surface area contributed by atoms with Crippen LogP contribution in [0.25, 0.3) is 0 Å². The molecule has 2 atom stereocenters. The lowest BCUT2D eigenvalue weighted by atomic mass is 9.80. The van der Waals surface area contributed by atoms with Crippen LogP contribution >= 0.6 is 46.4 Å². The Morgan fingerprint density at radius 3 is 2.45 bits per heavy atom. The third-order valence-electron chi connectivity index (χ3n) is 4.34. The van der Waals surface area contributed by atoms with Crippen molar-refractivity contribution in [2.45, 2.75) is 35.0 Å². The van der Waals surface area contributed by atoms with Crippen molar-refractivity contribution >= 4 is 58.0 Å². The number of hydrogen-bond donors (Lipinski definition) is 0. The number of rotatable bonds is 1. The van der Waals surface area contributed by atoms with Gasteiger partial charge in [0.15, 0.2) is 0 Å². The minimum absolute atomic E-state index is 0.355. The monoisotopic (exact) mass is 387 g/mol. The van der Waals surface area contributed by atoms with Gasteiger partial charge in [-0.3, -0.25) is 9.69 Å². The number of anilines is 1. The van der Waals surface area contributed by atoms with Gasteiger partial charge in [0.2, 0.25) is 4.46 Å². The number of halogens is 6. The Kier molecular flexibility index (Phi) is 4.04. The fourth-order valence-electron chi connectivity index (χ4n) is 3.27. The second-order valence-corrected chi connectivity index (χ2v) is 8.03. The number of hydrogen-bond acceptors (Lipinski definition) is 1. The van der Waals surface area contributed by atoms with E-state index in [2.05, 4.69) is 0 Å². The van der Waals surface area contributed by atoms with Crippen LogP contribution in [0.3, 0.4) is 0 Å². The molecule has 1 saturated heterocycles. The number of carbonyl (C=O) groups is 1. The standard InChI is InChI=1S/C14H11Cl4F2NO/c15-7-5-9(20)10(6-8(7)19)21-12(22)13(16)4-2-1-3-11(13)14(21,17)18/h5-6,11H,1-4H2. The second-order valence-electron chi connectivity index (χ2n) is 5.61. The van der Waals surface area contributed by atoms with Crippen molar-refractivity contribution in [3.05, 3.63) is 28.8 Å². The molecule has 22 heavy (non-hydrogen) atoms. The highest BCUT2D eigenvalue weighted by Crippen LogP contribution is 2.58. The summed E-state index contributed by atoms with van der Waals surface area (Å²) in [5.41, 5.74) is -0.355. The molecule has 2 aliphatic rings. The van der Waals surface area contributed by atoms with Gasteiger partial charge in [0.1, 0.15) is 16.5 Å². The number of benzene rings is 1. The Morgan fingerprint density at radius 1 is 1.14 bits per heavy atom. The third-order valence-corrected chi connectivity index (χ3v) is 6.11. The summed E-state index contributed by atoms with van der Waals surface area (Å²) in [6.45, 7) is 0. The van der Waals surface area contributed by atoms with Crippen LogP contribution in [0.15, 0.2) is 12.1 Å². The molecule has 0 spiro atoms. The van der Waals surface area contributed by atoms with Gasteiger partial charge in [-0.15, -0.1) is 11.6 Å². The number of fused-ring (bicyclic) bond motifs is 1. The smallest absolute Gasteiger partial charge is 0.251 e. The number of alkyl halides is 3. The van der Waals surface area contributed by atoms with Crippen LogP contribution in [0.5, 0.6) is 0 Å². The predicted octanol–water partition coefficient (Wildman–Crippen LogP) is 5.26. The Labute approximate surface area is 146 Å². The largest absolute Gasteiger partial charge is 0.274 e. The number of amides is 1. The molecular weight excluding hydrogens is 378 g/mol.